The number of thiol groups is 1. The molecule has 0 fully saturated rings. The van der Waals surface area contributed by atoms with Crippen LogP contribution in [0, 0.1) is 6.92 Å². The normalized spacial score (nSPS) is 12.9. The van der Waals surface area contributed by atoms with Gasteiger partial charge in [-0.15, -0.1) is 0 Å². The predicted octanol–water partition coefficient (Wildman–Crippen LogP) is 3.73. The second-order valence-electron chi connectivity index (χ2n) is 9.12. The summed E-state index contributed by atoms with van der Waals surface area (Å²) in [6, 6.07) is 12.3. The van der Waals surface area contributed by atoms with Crippen LogP contribution in [-0.2, 0) is 20.9 Å². The lowest BCUT2D eigenvalue weighted by Crippen LogP contribution is -2.53. The Labute approximate surface area is 212 Å². The Bertz CT molecular complexity index is 1020. The van der Waals surface area contributed by atoms with Gasteiger partial charge < -0.3 is 25.4 Å². The first-order valence-electron chi connectivity index (χ1n) is 11.5. The standard InChI is InChI=1S/C26H35N3O5S/c1-6-29(24(32)20(16-35)28-25(33)34-26(3,4)5)21(19-14-10-11-17(2)22(19)30)23(31)27-15-18-12-8-7-9-13-18/h7-14,20-21,30,35H,6,15-16H2,1-5H3,(H,27,31)(H,28,33). The van der Waals surface area contributed by atoms with E-state index in [1.54, 1.807) is 52.8 Å². The molecule has 35 heavy (non-hydrogen) atoms. The number of rotatable bonds is 9. The van der Waals surface area contributed by atoms with Gasteiger partial charge in [-0.1, -0.05) is 48.5 Å². The number of hydrogen-bond acceptors (Lipinski definition) is 6. The number of likely N-dealkylation sites (N-methyl/N-ethyl adjacent to an activating group) is 1. The van der Waals surface area contributed by atoms with Gasteiger partial charge in [0.15, 0.2) is 0 Å². The van der Waals surface area contributed by atoms with Gasteiger partial charge in [0, 0.05) is 24.4 Å². The number of hydrogen-bond donors (Lipinski definition) is 4. The molecule has 190 valence electrons. The molecule has 3 N–H and O–H groups in total. The second kappa shape index (κ2) is 12.5. The molecular formula is C26H35N3O5S. The zero-order chi connectivity index (χ0) is 26.2. The molecule has 9 heteroatoms. The van der Waals surface area contributed by atoms with Crippen molar-refractivity contribution in [3.05, 3.63) is 65.2 Å². The molecule has 2 aromatic carbocycles. The monoisotopic (exact) mass is 501 g/mol. The summed E-state index contributed by atoms with van der Waals surface area (Å²) in [5, 5.41) is 16.2. The zero-order valence-electron chi connectivity index (χ0n) is 20.9. The molecule has 0 aliphatic heterocycles. The highest BCUT2D eigenvalue weighted by atomic mass is 32.1. The summed E-state index contributed by atoms with van der Waals surface area (Å²) >= 11 is 4.24. The molecule has 0 spiro atoms. The van der Waals surface area contributed by atoms with Crippen LogP contribution >= 0.6 is 12.6 Å². The Morgan fingerprint density at radius 1 is 1.09 bits per heavy atom. The fourth-order valence-corrected chi connectivity index (χ4v) is 3.78. The van der Waals surface area contributed by atoms with Crippen molar-refractivity contribution in [1.82, 2.24) is 15.5 Å². The van der Waals surface area contributed by atoms with E-state index in [4.69, 9.17) is 4.74 Å². The van der Waals surface area contributed by atoms with Crippen molar-refractivity contribution < 1.29 is 24.2 Å². The van der Waals surface area contributed by atoms with Crippen LogP contribution in [0.4, 0.5) is 4.79 Å². The van der Waals surface area contributed by atoms with Gasteiger partial charge in [0.25, 0.3) is 0 Å². The number of nitrogens with one attached hydrogen (secondary N) is 2. The number of phenolic OH excluding ortho intramolecular Hbond substituents is 1. The van der Waals surface area contributed by atoms with Crippen molar-refractivity contribution in [3.8, 4) is 5.75 Å². The number of ether oxygens (including phenoxy) is 1. The average Bonchev–Trinajstić information content (AvgIpc) is 2.80. The number of carbonyl (C=O) groups excluding carboxylic acids is 3. The van der Waals surface area contributed by atoms with Crippen molar-refractivity contribution >= 4 is 30.5 Å². The molecule has 0 aliphatic carbocycles. The van der Waals surface area contributed by atoms with Gasteiger partial charge in [0.05, 0.1) is 0 Å². The molecule has 0 radical (unpaired) electrons. The first-order valence-corrected chi connectivity index (χ1v) is 12.1. The number of nitrogens with zero attached hydrogens (tertiary/aromatic N) is 1. The summed E-state index contributed by atoms with van der Waals surface area (Å²) in [5.41, 5.74) is 1.01. The fraction of sp³-hybridized carbons (Fsp3) is 0.423. The summed E-state index contributed by atoms with van der Waals surface area (Å²) in [4.78, 5) is 40.6. The molecule has 0 heterocycles. The van der Waals surface area contributed by atoms with E-state index < -0.39 is 35.6 Å². The second-order valence-corrected chi connectivity index (χ2v) is 9.49. The van der Waals surface area contributed by atoms with Crippen molar-refractivity contribution in [3.63, 3.8) is 0 Å². The van der Waals surface area contributed by atoms with Crippen molar-refractivity contribution in [2.24, 2.45) is 0 Å². The van der Waals surface area contributed by atoms with Crippen LogP contribution in [0.3, 0.4) is 0 Å². The molecule has 3 amide bonds. The Hall–Kier alpha value is -3.20. The van der Waals surface area contributed by atoms with E-state index in [1.807, 2.05) is 30.3 Å². The molecule has 2 rings (SSSR count). The Balaban J connectivity index is 2.37. The topological polar surface area (TPSA) is 108 Å². The number of para-hydroxylation sites is 1. The Morgan fingerprint density at radius 2 is 1.74 bits per heavy atom. The minimum atomic E-state index is -1.13. The maximum absolute atomic E-state index is 13.5. The van der Waals surface area contributed by atoms with E-state index in [1.165, 1.54) is 4.90 Å². The maximum atomic E-state index is 13.5. The first kappa shape index (κ1) is 28.0. The summed E-state index contributed by atoms with van der Waals surface area (Å²) < 4.78 is 5.27. The Kier molecular flexibility index (Phi) is 10.0. The molecule has 8 nitrogen and oxygen atoms in total. The van der Waals surface area contributed by atoms with E-state index in [0.717, 1.165) is 5.56 Å². The van der Waals surface area contributed by atoms with Crippen molar-refractivity contribution in [1.29, 1.82) is 0 Å². The minimum absolute atomic E-state index is 0.00721. The summed E-state index contributed by atoms with van der Waals surface area (Å²) in [6.07, 6.45) is -0.760. The largest absolute Gasteiger partial charge is 0.507 e. The molecule has 0 saturated carbocycles. The van der Waals surface area contributed by atoms with Gasteiger partial charge in [-0.05, 0) is 45.7 Å². The third-order valence-electron chi connectivity index (χ3n) is 5.23. The highest BCUT2D eigenvalue weighted by molar-refractivity contribution is 7.80. The van der Waals surface area contributed by atoms with Gasteiger partial charge in [-0.2, -0.15) is 12.6 Å². The number of aromatic hydroxyl groups is 1. The smallest absolute Gasteiger partial charge is 0.408 e. The summed E-state index contributed by atoms with van der Waals surface area (Å²) in [7, 11) is 0. The van der Waals surface area contributed by atoms with Crippen LogP contribution in [0.25, 0.3) is 0 Å². The van der Waals surface area contributed by atoms with Crippen LogP contribution in [0.5, 0.6) is 5.75 Å². The lowest BCUT2D eigenvalue weighted by Gasteiger charge is -2.33. The van der Waals surface area contributed by atoms with Crippen molar-refractivity contribution in [2.45, 2.75) is 58.8 Å². The van der Waals surface area contributed by atoms with E-state index in [0.29, 0.717) is 11.1 Å². The minimum Gasteiger partial charge on any atom is -0.507 e. The first-order chi connectivity index (χ1) is 16.5. The van der Waals surface area contributed by atoms with Gasteiger partial charge >= 0.3 is 6.09 Å². The molecule has 0 saturated heterocycles. The lowest BCUT2D eigenvalue weighted by molar-refractivity contribution is -0.141. The summed E-state index contributed by atoms with van der Waals surface area (Å²) in [5.74, 6) is -1.05. The number of benzene rings is 2. The van der Waals surface area contributed by atoms with Gasteiger partial charge in [-0.3, -0.25) is 9.59 Å². The highest BCUT2D eigenvalue weighted by Gasteiger charge is 2.36. The number of aryl methyl sites for hydroxylation is 1. The number of phenols is 1. The van der Waals surface area contributed by atoms with E-state index in [9.17, 15) is 19.5 Å². The third-order valence-corrected chi connectivity index (χ3v) is 5.59. The van der Waals surface area contributed by atoms with E-state index in [2.05, 4.69) is 23.3 Å². The van der Waals surface area contributed by atoms with Gasteiger partial charge in [-0.25, -0.2) is 4.79 Å². The maximum Gasteiger partial charge on any atom is 0.408 e. The lowest BCUT2D eigenvalue weighted by atomic mass is 9.99. The van der Waals surface area contributed by atoms with Gasteiger partial charge in [0.2, 0.25) is 11.8 Å². The average molecular weight is 502 g/mol. The summed E-state index contributed by atoms with van der Waals surface area (Å²) in [6.45, 7) is 9.00. The van der Waals surface area contributed by atoms with E-state index >= 15 is 0 Å². The molecule has 0 bridgehead atoms. The number of amides is 3. The van der Waals surface area contributed by atoms with Gasteiger partial charge in [0.1, 0.15) is 23.4 Å². The molecule has 0 aromatic heterocycles. The molecule has 2 unspecified atom stereocenters. The third kappa shape index (κ3) is 7.92. The molecule has 2 atom stereocenters. The fourth-order valence-electron chi connectivity index (χ4n) is 3.54. The van der Waals surface area contributed by atoms with Crippen LogP contribution < -0.4 is 10.6 Å². The van der Waals surface area contributed by atoms with Crippen LogP contribution in [0.2, 0.25) is 0 Å². The molecule has 2 aromatic rings. The predicted molar refractivity (Wildman–Crippen MR) is 138 cm³/mol. The van der Waals surface area contributed by atoms with E-state index in [-0.39, 0.29) is 24.6 Å². The van der Waals surface area contributed by atoms with Crippen molar-refractivity contribution in [2.75, 3.05) is 12.3 Å². The SMILES string of the molecule is CCN(C(=O)C(CS)NC(=O)OC(C)(C)C)C(C(=O)NCc1ccccc1)c1cccc(C)c1O. The van der Waals surface area contributed by atoms with Crippen LogP contribution in [-0.4, -0.2) is 51.9 Å². The Morgan fingerprint density at radius 3 is 2.31 bits per heavy atom. The highest BCUT2D eigenvalue weighted by Crippen LogP contribution is 2.32. The number of alkyl carbamates (subject to hydrolysis) is 1. The molecular weight excluding hydrogens is 466 g/mol. The van der Waals surface area contributed by atoms with Crippen LogP contribution in [0.15, 0.2) is 48.5 Å². The zero-order valence-corrected chi connectivity index (χ0v) is 21.8. The number of carbonyl (C=O) groups is 3. The molecule has 0 aliphatic rings. The quantitative estimate of drug-likeness (QED) is 0.392. The van der Waals surface area contributed by atoms with Crippen LogP contribution in [0.1, 0.15) is 50.4 Å².